The summed E-state index contributed by atoms with van der Waals surface area (Å²) < 4.78 is 0. The first kappa shape index (κ1) is 13.7. The van der Waals surface area contributed by atoms with Crippen LogP contribution >= 0.6 is 0 Å². The maximum Gasteiger partial charge on any atom is 0.224 e. The minimum Gasteiger partial charge on any atom is -0.290 e. The Hall–Kier alpha value is -0.920. The molecule has 114 valence electrons. The molecule has 1 unspecified atom stereocenters. The molecule has 4 aliphatic carbocycles. The van der Waals surface area contributed by atoms with E-state index in [2.05, 4.69) is 6.92 Å². The van der Waals surface area contributed by atoms with E-state index >= 15 is 0 Å². The van der Waals surface area contributed by atoms with Gasteiger partial charge >= 0.3 is 0 Å². The lowest BCUT2D eigenvalue weighted by Crippen LogP contribution is -2.42. The van der Waals surface area contributed by atoms with Crippen molar-refractivity contribution < 1.29 is 9.59 Å². The van der Waals surface area contributed by atoms with Crippen LogP contribution in [0.5, 0.6) is 0 Å². The number of Topliss-reactive ketones (excluding diaryl/α,β-unsaturated/α-hetero) is 2. The van der Waals surface area contributed by atoms with Crippen molar-refractivity contribution in [3.8, 4) is 0 Å². The number of allylic oxidation sites excluding steroid dienone is 2. The van der Waals surface area contributed by atoms with Crippen molar-refractivity contribution in [3.05, 3.63) is 11.1 Å². The van der Waals surface area contributed by atoms with Gasteiger partial charge in [0.2, 0.25) is 11.6 Å². The molecule has 0 aromatic rings. The van der Waals surface area contributed by atoms with E-state index in [0.717, 1.165) is 36.2 Å². The summed E-state index contributed by atoms with van der Waals surface area (Å²) in [5.74, 6) is 3.28. The molecule has 2 heteroatoms. The average molecular weight is 286 g/mol. The van der Waals surface area contributed by atoms with Gasteiger partial charge in [-0.3, -0.25) is 9.59 Å². The molecule has 0 radical (unpaired) electrons. The Bertz CT molecular complexity index is 516. The van der Waals surface area contributed by atoms with Gasteiger partial charge in [0, 0.05) is 12.0 Å². The zero-order valence-corrected chi connectivity index (χ0v) is 13.1. The second-order valence-electron chi connectivity index (χ2n) is 7.75. The molecule has 0 aromatic carbocycles. The lowest BCUT2D eigenvalue weighted by atomic mass is 9.54. The Morgan fingerprint density at radius 3 is 2.52 bits per heavy atom. The molecule has 4 rings (SSSR count). The molecule has 3 saturated carbocycles. The highest BCUT2D eigenvalue weighted by molar-refractivity contribution is 6.46. The zero-order chi connectivity index (χ0) is 14.6. The van der Waals surface area contributed by atoms with Crippen molar-refractivity contribution in [2.45, 2.75) is 64.7 Å². The van der Waals surface area contributed by atoms with E-state index in [1.54, 1.807) is 0 Å². The minimum absolute atomic E-state index is 0.104. The molecule has 5 atom stereocenters. The van der Waals surface area contributed by atoms with E-state index in [1.807, 2.05) is 0 Å². The van der Waals surface area contributed by atoms with Crippen LogP contribution in [-0.4, -0.2) is 11.6 Å². The van der Waals surface area contributed by atoms with Gasteiger partial charge in [0.15, 0.2) is 0 Å². The fraction of sp³-hybridized carbons (Fsp3) is 0.789. The molecule has 0 bridgehead atoms. The first-order valence-electron chi connectivity index (χ1n) is 9.00. The van der Waals surface area contributed by atoms with Crippen molar-refractivity contribution in [2.75, 3.05) is 0 Å². The van der Waals surface area contributed by atoms with E-state index in [4.69, 9.17) is 0 Å². The van der Waals surface area contributed by atoms with Gasteiger partial charge < -0.3 is 0 Å². The van der Waals surface area contributed by atoms with Crippen LogP contribution in [0.15, 0.2) is 11.1 Å². The summed E-state index contributed by atoms with van der Waals surface area (Å²) in [4.78, 5) is 24.2. The number of hydrogen-bond donors (Lipinski definition) is 0. The van der Waals surface area contributed by atoms with Crippen LogP contribution in [0.4, 0.5) is 0 Å². The molecule has 3 fully saturated rings. The third kappa shape index (κ3) is 1.98. The van der Waals surface area contributed by atoms with E-state index < -0.39 is 0 Å². The predicted molar refractivity (Wildman–Crippen MR) is 81.7 cm³/mol. The first-order valence-corrected chi connectivity index (χ1v) is 9.00. The first-order chi connectivity index (χ1) is 10.2. The normalized spacial score (nSPS) is 42.6. The number of hydrogen-bond acceptors (Lipinski definition) is 2. The molecule has 0 amide bonds. The fourth-order valence-electron chi connectivity index (χ4n) is 6.13. The van der Waals surface area contributed by atoms with Crippen molar-refractivity contribution in [1.29, 1.82) is 0 Å². The van der Waals surface area contributed by atoms with Crippen LogP contribution in [0, 0.1) is 29.6 Å². The van der Waals surface area contributed by atoms with E-state index in [1.165, 1.54) is 44.1 Å². The van der Waals surface area contributed by atoms with Crippen molar-refractivity contribution in [2.24, 2.45) is 29.6 Å². The summed E-state index contributed by atoms with van der Waals surface area (Å²) in [5.41, 5.74) is 2.31. The SMILES string of the molecule is CCC1=C2C(=O)C(=O)C[C@H]2[C@@H]2CCC3CCCC[C@@H]3[C@H]2C1. The quantitative estimate of drug-likeness (QED) is 0.680. The number of carbonyl (C=O) groups excluding carboxylic acids is 2. The third-order valence-corrected chi connectivity index (χ3v) is 7.02. The number of fused-ring (bicyclic) bond motifs is 5. The van der Waals surface area contributed by atoms with Gasteiger partial charge in [0.1, 0.15) is 0 Å². The van der Waals surface area contributed by atoms with Crippen LogP contribution in [0.2, 0.25) is 0 Å². The van der Waals surface area contributed by atoms with Crippen molar-refractivity contribution in [3.63, 3.8) is 0 Å². The second-order valence-corrected chi connectivity index (χ2v) is 7.75. The fourth-order valence-corrected chi connectivity index (χ4v) is 6.13. The largest absolute Gasteiger partial charge is 0.290 e. The van der Waals surface area contributed by atoms with Gasteiger partial charge in [-0.05, 0) is 61.7 Å². The lowest BCUT2D eigenvalue weighted by molar-refractivity contribution is -0.132. The zero-order valence-electron chi connectivity index (χ0n) is 13.1. The maximum absolute atomic E-state index is 12.3. The summed E-state index contributed by atoms with van der Waals surface area (Å²) in [6.45, 7) is 2.16. The van der Waals surface area contributed by atoms with Gasteiger partial charge in [-0.15, -0.1) is 0 Å². The Labute approximate surface area is 127 Å². The summed E-state index contributed by atoms with van der Waals surface area (Å²) in [6, 6.07) is 0. The highest BCUT2D eigenvalue weighted by Crippen LogP contribution is 2.56. The molecule has 0 saturated heterocycles. The number of ketones is 2. The molecule has 4 aliphatic rings. The van der Waals surface area contributed by atoms with Crippen LogP contribution in [0.3, 0.4) is 0 Å². The van der Waals surface area contributed by atoms with Gasteiger partial charge in [-0.1, -0.05) is 31.8 Å². The molecular formula is C19H26O2. The monoisotopic (exact) mass is 286 g/mol. The summed E-state index contributed by atoms with van der Waals surface area (Å²) in [6.07, 6.45) is 10.8. The van der Waals surface area contributed by atoms with Crippen molar-refractivity contribution >= 4 is 11.6 Å². The average Bonchev–Trinajstić information content (AvgIpc) is 2.82. The maximum atomic E-state index is 12.3. The Balaban J connectivity index is 1.71. The Kier molecular flexibility index (Phi) is 3.31. The molecule has 0 aromatic heterocycles. The van der Waals surface area contributed by atoms with Crippen LogP contribution in [0.1, 0.15) is 64.7 Å². The van der Waals surface area contributed by atoms with Gasteiger partial charge in [0.05, 0.1) is 0 Å². The van der Waals surface area contributed by atoms with E-state index in [9.17, 15) is 9.59 Å². The van der Waals surface area contributed by atoms with Crippen LogP contribution in [-0.2, 0) is 9.59 Å². The summed E-state index contributed by atoms with van der Waals surface area (Å²) in [5, 5.41) is 0. The van der Waals surface area contributed by atoms with E-state index in [0.29, 0.717) is 18.3 Å². The standard InChI is InChI=1S/C19H26O2/c1-2-11-9-15-13-6-4-3-5-12(13)7-8-14(15)16-10-17(20)19(21)18(11)16/h12-16H,2-10H2,1H3/t12?,13-,14+,15+,16-/m0/s1. The number of rotatable bonds is 1. The smallest absolute Gasteiger partial charge is 0.224 e. The molecular weight excluding hydrogens is 260 g/mol. The third-order valence-electron chi connectivity index (χ3n) is 7.02. The van der Waals surface area contributed by atoms with Gasteiger partial charge in [0.25, 0.3) is 0 Å². The summed E-state index contributed by atoms with van der Waals surface area (Å²) >= 11 is 0. The lowest BCUT2D eigenvalue weighted by Gasteiger charge is -2.50. The molecule has 21 heavy (non-hydrogen) atoms. The van der Waals surface area contributed by atoms with Crippen LogP contribution < -0.4 is 0 Å². The minimum atomic E-state index is -0.124. The molecule has 0 spiro atoms. The van der Waals surface area contributed by atoms with Crippen LogP contribution in [0.25, 0.3) is 0 Å². The molecule has 2 nitrogen and oxygen atoms in total. The molecule has 0 aliphatic heterocycles. The Morgan fingerprint density at radius 1 is 0.905 bits per heavy atom. The molecule has 0 N–H and O–H groups in total. The van der Waals surface area contributed by atoms with E-state index in [-0.39, 0.29) is 11.6 Å². The number of carbonyl (C=O) groups is 2. The van der Waals surface area contributed by atoms with Gasteiger partial charge in [-0.2, -0.15) is 0 Å². The highest BCUT2D eigenvalue weighted by atomic mass is 16.2. The topological polar surface area (TPSA) is 34.1 Å². The van der Waals surface area contributed by atoms with Gasteiger partial charge in [-0.25, -0.2) is 0 Å². The van der Waals surface area contributed by atoms with Crippen molar-refractivity contribution in [1.82, 2.24) is 0 Å². The summed E-state index contributed by atoms with van der Waals surface area (Å²) in [7, 11) is 0. The second kappa shape index (κ2) is 5.07. The highest BCUT2D eigenvalue weighted by Gasteiger charge is 2.51. The molecule has 0 heterocycles. The Morgan fingerprint density at radius 2 is 1.71 bits per heavy atom. The predicted octanol–water partition coefficient (Wildman–Crippen LogP) is 4.09.